The molecule has 0 saturated carbocycles. The lowest BCUT2D eigenvalue weighted by atomic mass is 10.3. The van der Waals surface area contributed by atoms with Crippen LogP contribution >= 0.6 is 0 Å². The maximum atomic E-state index is 5.61. The third kappa shape index (κ3) is 2.82. The molecule has 0 unspecified atom stereocenters. The minimum Gasteiger partial charge on any atom is -0.494 e. The van der Waals surface area contributed by atoms with E-state index in [4.69, 9.17) is 4.74 Å². The monoisotopic (exact) mass is 270 g/mol. The maximum absolute atomic E-state index is 5.61. The molecule has 0 amide bonds. The molecule has 0 radical (unpaired) electrons. The average molecular weight is 270 g/mol. The molecule has 1 aromatic carbocycles. The highest BCUT2D eigenvalue weighted by atomic mass is 16.5. The molecule has 3 aromatic rings. The Hall–Kier alpha value is -2.70. The second-order valence-corrected chi connectivity index (χ2v) is 4.18. The summed E-state index contributed by atoms with van der Waals surface area (Å²) >= 11 is 0. The largest absolute Gasteiger partial charge is 0.494 e. The zero-order valence-corrected chi connectivity index (χ0v) is 10.8. The van der Waals surface area contributed by atoms with Gasteiger partial charge >= 0.3 is 0 Å². The van der Waals surface area contributed by atoms with E-state index in [1.54, 1.807) is 16.9 Å². The molecule has 0 aliphatic carbocycles. The number of hydrogen-bond acceptors (Lipinski definition) is 6. The number of nitrogens with one attached hydrogen (secondary N) is 1. The Morgan fingerprint density at radius 1 is 1.15 bits per heavy atom. The summed E-state index contributed by atoms with van der Waals surface area (Å²) in [4.78, 5) is 4.07. The van der Waals surface area contributed by atoms with Crippen LogP contribution in [0.3, 0.4) is 0 Å². The van der Waals surface area contributed by atoms with Crippen LogP contribution in [0.15, 0.2) is 42.7 Å². The van der Waals surface area contributed by atoms with Gasteiger partial charge in [0.1, 0.15) is 11.6 Å². The molecule has 20 heavy (non-hydrogen) atoms. The number of ether oxygens (including phenoxy) is 1. The summed E-state index contributed by atoms with van der Waals surface area (Å²) in [6.07, 6.45) is 4.18. The second-order valence-electron chi connectivity index (χ2n) is 4.18. The van der Waals surface area contributed by atoms with E-state index in [0.717, 1.165) is 24.5 Å². The molecule has 1 N–H and O–H groups in total. The highest BCUT2D eigenvalue weighted by Crippen LogP contribution is 2.09. The molecule has 2 heterocycles. The number of anilines is 1. The molecule has 0 aliphatic rings. The first kappa shape index (κ1) is 12.3. The van der Waals surface area contributed by atoms with Crippen LogP contribution in [0.4, 0.5) is 5.82 Å². The quantitative estimate of drug-likeness (QED) is 0.682. The third-order valence-corrected chi connectivity index (χ3v) is 2.75. The first-order chi connectivity index (χ1) is 9.93. The van der Waals surface area contributed by atoms with Gasteiger partial charge in [-0.15, -0.1) is 5.10 Å². The molecule has 0 bridgehead atoms. The van der Waals surface area contributed by atoms with E-state index < -0.39 is 0 Å². The molecule has 0 aliphatic heterocycles. The van der Waals surface area contributed by atoms with Crippen molar-refractivity contribution < 1.29 is 4.74 Å². The van der Waals surface area contributed by atoms with E-state index in [9.17, 15) is 0 Å². The van der Waals surface area contributed by atoms with Crippen LogP contribution in [0.2, 0.25) is 0 Å². The standard InChI is InChI=1S/C13H14N6O/c1-2-5-11(6-3-1)20-8-4-7-15-12-9-14-10-13-16-17-18-19(12)13/h1-3,5-6,9-10,15H,4,7-8H2. The fourth-order valence-corrected chi connectivity index (χ4v) is 1.79. The molecule has 3 rings (SSSR count). The number of benzene rings is 1. The first-order valence-corrected chi connectivity index (χ1v) is 6.37. The van der Waals surface area contributed by atoms with Crippen molar-refractivity contribution in [2.45, 2.75) is 6.42 Å². The summed E-state index contributed by atoms with van der Waals surface area (Å²) in [7, 11) is 0. The fraction of sp³-hybridized carbons (Fsp3) is 0.231. The molecule has 0 atom stereocenters. The Kier molecular flexibility index (Phi) is 3.68. The van der Waals surface area contributed by atoms with Gasteiger partial charge in [0.05, 0.1) is 19.0 Å². The Balaban J connectivity index is 1.47. The van der Waals surface area contributed by atoms with Crippen LogP contribution in [0.25, 0.3) is 5.65 Å². The van der Waals surface area contributed by atoms with Crippen molar-refractivity contribution in [3.05, 3.63) is 42.7 Å². The Morgan fingerprint density at radius 3 is 2.95 bits per heavy atom. The van der Waals surface area contributed by atoms with Crippen molar-refractivity contribution in [1.82, 2.24) is 25.0 Å². The number of tetrazole rings is 1. The first-order valence-electron chi connectivity index (χ1n) is 6.37. The van der Waals surface area contributed by atoms with Crippen molar-refractivity contribution in [2.75, 3.05) is 18.5 Å². The van der Waals surface area contributed by atoms with E-state index in [-0.39, 0.29) is 0 Å². The van der Waals surface area contributed by atoms with Crippen LogP contribution in [-0.2, 0) is 0 Å². The van der Waals surface area contributed by atoms with Crippen LogP contribution in [-0.4, -0.2) is 38.2 Å². The van der Waals surface area contributed by atoms with Gasteiger partial charge in [0.25, 0.3) is 0 Å². The van der Waals surface area contributed by atoms with Crippen LogP contribution in [0, 0.1) is 0 Å². The minimum absolute atomic E-state index is 0.621. The van der Waals surface area contributed by atoms with Gasteiger partial charge in [-0.1, -0.05) is 18.2 Å². The van der Waals surface area contributed by atoms with E-state index in [1.807, 2.05) is 30.3 Å². The highest BCUT2D eigenvalue weighted by Gasteiger charge is 2.02. The predicted molar refractivity (Wildman–Crippen MR) is 73.6 cm³/mol. The van der Waals surface area contributed by atoms with E-state index >= 15 is 0 Å². The topological polar surface area (TPSA) is 77.2 Å². The van der Waals surface area contributed by atoms with E-state index in [2.05, 4.69) is 25.8 Å². The van der Waals surface area contributed by atoms with Crippen LogP contribution in [0.5, 0.6) is 5.75 Å². The highest BCUT2D eigenvalue weighted by molar-refractivity contribution is 5.43. The number of aromatic nitrogens is 5. The smallest absolute Gasteiger partial charge is 0.199 e. The molecule has 2 aromatic heterocycles. The van der Waals surface area contributed by atoms with Gasteiger partial charge in [0.15, 0.2) is 5.65 Å². The summed E-state index contributed by atoms with van der Waals surface area (Å²) in [5.41, 5.74) is 0.621. The van der Waals surface area contributed by atoms with E-state index in [0.29, 0.717) is 12.3 Å². The molecule has 7 heteroatoms. The molecule has 0 saturated heterocycles. The molecule has 7 nitrogen and oxygen atoms in total. The Bertz CT molecular complexity index is 669. The summed E-state index contributed by atoms with van der Waals surface area (Å²) in [6.45, 7) is 1.41. The van der Waals surface area contributed by atoms with Crippen LogP contribution in [0.1, 0.15) is 6.42 Å². The van der Waals surface area contributed by atoms with Crippen LogP contribution < -0.4 is 10.1 Å². The molecule has 0 fully saturated rings. The zero-order chi connectivity index (χ0) is 13.6. The summed E-state index contributed by atoms with van der Waals surface area (Å²) in [5, 5.41) is 14.6. The number of rotatable bonds is 6. The van der Waals surface area contributed by atoms with Gasteiger partial charge in [-0.2, -0.15) is 4.52 Å². The minimum atomic E-state index is 0.621. The van der Waals surface area contributed by atoms with E-state index in [1.165, 1.54) is 0 Å². The molecular weight excluding hydrogens is 256 g/mol. The lowest BCUT2D eigenvalue weighted by molar-refractivity contribution is 0.315. The number of fused-ring (bicyclic) bond motifs is 1. The zero-order valence-electron chi connectivity index (χ0n) is 10.8. The number of hydrogen-bond donors (Lipinski definition) is 1. The Morgan fingerprint density at radius 2 is 2.05 bits per heavy atom. The van der Waals surface area contributed by atoms with Crippen molar-refractivity contribution in [3.8, 4) is 5.75 Å². The van der Waals surface area contributed by atoms with Gasteiger partial charge in [0.2, 0.25) is 0 Å². The number of nitrogens with zero attached hydrogens (tertiary/aromatic N) is 5. The SMILES string of the molecule is c1ccc(OCCCNc2cncc3nnnn23)cc1. The predicted octanol–water partition coefficient (Wildman–Crippen LogP) is 1.40. The van der Waals surface area contributed by atoms with Crippen molar-refractivity contribution in [2.24, 2.45) is 0 Å². The molecule has 102 valence electrons. The van der Waals surface area contributed by atoms with Gasteiger partial charge in [-0.3, -0.25) is 4.98 Å². The molecular formula is C13H14N6O. The normalized spacial score (nSPS) is 10.6. The van der Waals surface area contributed by atoms with Crippen molar-refractivity contribution in [1.29, 1.82) is 0 Å². The second kappa shape index (κ2) is 5.96. The van der Waals surface area contributed by atoms with Gasteiger partial charge in [0, 0.05) is 6.54 Å². The van der Waals surface area contributed by atoms with Gasteiger partial charge in [-0.05, 0) is 29.0 Å². The summed E-state index contributed by atoms with van der Waals surface area (Å²) in [6, 6.07) is 9.77. The summed E-state index contributed by atoms with van der Waals surface area (Å²) < 4.78 is 7.23. The lowest BCUT2D eigenvalue weighted by Gasteiger charge is -2.08. The van der Waals surface area contributed by atoms with Gasteiger partial charge in [-0.25, -0.2) is 0 Å². The third-order valence-electron chi connectivity index (χ3n) is 2.75. The number of para-hydroxylation sites is 1. The van der Waals surface area contributed by atoms with Crippen molar-refractivity contribution in [3.63, 3.8) is 0 Å². The average Bonchev–Trinajstić information content (AvgIpc) is 2.97. The van der Waals surface area contributed by atoms with Crippen molar-refractivity contribution >= 4 is 11.5 Å². The fourth-order valence-electron chi connectivity index (χ4n) is 1.79. The Labute approximate surface area is 115 Å². The summed E-state index contributed by atoms with van der Waals surface area (Å²) in [5.74, 6) is 1.66. The van der Waals surface area contributed by atoms with Gasteiger partial charge < -0.3 is 10.1 Å². The lowest BCUT2D eigenvalue weighted by Crippen LogP contribution is -2.10. The molecule has 0 spiro atoms. The maximum Gasteiger partial charge on any atom is 0.199 e.